The summed E-state index contributed by atoms with van der Waals surface area (Å²) in [4.78, 5) is 11.3. The van der Waals surface area contributed by atoms with Crippen molar-refractivity contribution in [3.63, 3.8) is 0 Å². The summed E-state index contributed by atoms with van der Waals surface area (Å²) >= 11 is 0. The van der Waals surface area contributed by atoms with Crippen molar-refractivity contribution in [2.75, 3.05) is 12.1 Å². The number of nitrogens with one attached hydrogen (secondary N) is 1. The Morgan fingerprint density at radius 1 is 1.32 bits per heavy atom. The van der Waals surface area contributed by atoms with Gasteiger partial charge < -0.3 is 19.9 Å². The first-order valence-electron chi connectivity index (χ1n) is 7.38. The number of carboxylic acids is 1. The van der Waals surface area contributed by atoms with Crippen LogP contribution in [0.15, 0.2) is 24.4 Å². The third-order valence-electron chi connectivity index (χ3n) is 4.27. The van der Waals surface area contributed by atoms with E-state index in [2.05, 4.69) is 10.4 Å². The lowest BCUT2D eigenvalue weighted by Crippen LogP contribution is -2.36. The highest BCUT2D eigenvalue weighted by Gasteiger charge is 2.47. The summed E-state index contributed by atoms with van der Waals surface area (Å²) in [5.41, 5.74) is 0.238. The second-order valence-electron chi connectivity index (χ2n) is 5.76. The van der Waals surface area contributed by atoms with Crippen LogP contribution in [-0.4, -0.2) is 33.8 Å². The first-order valence-corrected chi connectivity index (χ1v) is 7.38. The van der Waals surface area contributed by atoms with Crippen LogP contribution in [0.5, 0.6) is 11.5 Å². The topological polar surface area (TPSA) is 85.6 Å². The zero-order valence-electron chi connectivity index (χ0n) is 12.6. The molecule has 25 heavy (non-hydrogen) atoms. The maximum absolute atomic E-state index is 13.5. The van der Waals surface area contributed by atoms with E-state index in [1.807, 2.05) is 0 Å². The predicted octanol–water partition coefficient (Wildman–Crippen LogP) is 2.97. The van der Waals surface area contributed by atoms with Crippen LogP contribution in [0.1, 0.15) is 34.4 Å². The Bertz CT molecular complexity index is 849. The Hall–Kier alpha value is -2.91. The van der Waals surface area contributed by atoms with Crippen molar-refractivity contribution in [2.24, 2.45) is 0 Å². The molecule has 2 N–H and O–H groups in total. The fourth-order valence-corrected chi connectivity index (χ4v) is 3.07. The molecule has 2 unspecified atom stereocenters. The molecular weight excluding hydrogens is 343 g/mol. The van der Waals surface area contributed by atoms with Gasteiger partial charge in [-0.15, -0.1) is 0 Å². The Kier molecular flexibility index (Phi) is 3.31. The van der Waals surface area contributed by atoms with Gasteiger partial charge in [-0.05, 0) is 17.7 Å². The number of alkyl halides is 3. The molecule has 0 saturated carbocycles. The number of benzene rings is 1. The Morgan fingerprint density at radius 2 is 2.08 bits per heavy atom. The number of halogens is 3. The molecule has 1 aromatic carbocycles. The number of nitrogens with zero attached hydrogens (tertiary/aromatic N) is 2. The third-order valence-corrected chi connectivity index (χ3v) is 4.27. The SMILES string of the molecule is O=C(O)c1cnn2c1NC(c1ccc3c(c1)OCO3)CC2C(F)(F)F. The molecule has 0 amide bonds. The second-order valence-corrected chi connectivity index (χ2v) is 5.76. The van der Waals surface area contributed by atoms with Crippen LogP contribution in [-0.2, 0) is 0 Å². The molecule has 1 aromatic heterocycles. The van der Waals surface area contributed by atoms with Gasteiger partial charge in [-0.3, -0.25) is 0 Å². The minimum Gasteiger partial charge on any atom is -0.477 e. The van der Waals surface area contributed by atoms with Crippen LogP contribution < -0.4 is 14.8 Å². The van der Waals surface area contributed by atoms with Gasteiger partial charge in [0.2, 0.25) is 6.79 Å². The molecule has 2 aromatic rings. The summed E-state index contributed by atoms with van der Waals surface area (Å²) in [7, 11) is 0. The first kappa shape index (κ1) is 15.6. The van der Waals surface area contributed by atoms with E-state index < -0.39 is 24.2 Å². The molecule has 3 heterocycles. The van der Waals surface area contributed by atoms with Crippen LogP contribution in [0, 0.1) is 0 Å². The Balaban J connectivity index is 1.76. The molecule has 10 heteroatoms. The number of anilines is 1. The summed E-state index contributed by atoms with van der Waals surface area (Å²) in [6.45, 7) is 0.0536. The Morgan fingerprint density at radius 3 is 2.80 bits per heavy atom. The molecule has 0 fully saturated rings. The number of aromatic carboxylic acids is 1. The lowest BCUT2D eigenvalue weighted by Gasteiger charge is -2.33. The van der Waals surface area contributed by atoms with E-state index in [4.69, 9.17) is 9.47 Å². The number of rotatable bonds is 2. The maximum atomic E-state index is 13.5. The number of carboxylic acid groups (broad SMARTS) is 1. The molecule has 0 bridgehead atoms. The number of hydrogen-bond acceptors (Lipinski definition) is 5. The maximum Gasteiger partial charge on any atom is 0.410 e. The van der Waals surface area contributed by atoms with Crippen molar-refractivity contribution in [1.29, 1.82) is 0 Å². The highest BCUT2D eigenvalue weighted by molar-refractivity contribution is 5.93. The monoisotopic (exact) mass is 355 g/mol. The number of aromatic nitrogens is 2. The van der Waals surface area contributed by atoms with Gasteiger partial charge in [0.25, 0.3) is 0 Å². The zero-order chi connectivity index (χ0) is 17.8. The standard InChI is InChI=1S/C15H12F3N3O4/c16-15(17,18)12-4-9(7-1-2-10-11(3-7)25-6-24-10)20-13-8(14(22)23)5-19-21(12)13/h1-3,5,9,12,20H,4,6H2,(H,22,23). The molecule has 0 radical (unpaired) electrons. The summed E-state index contributed by atoms with van der Waals surface area (Å²) in [6, 6.07) is 2.17. The minimum absolute atomic E-state index is 0.0536. The second kappa shape index (κ2) is 5.30. The molecule has 0 spiro atoms. The molecule has 2 aliphatic rings. The molecule has 4 rings (SSSR count). The van der Waals surface area contributed by atoms with Gasteiger partial charge in [-0.2, -0.15) is 18.3 Å². The Labute approximate surface area is 139 Å². The van der Waals surface area contributed by atoms with Gasteiger partial charge >= 0.3 is 12.1 Å². The first-order chi connectivity index (χ1) is 11.8. The van der Waals surface area contributed by atoms with Gasteiger partial charge in [-0.25, -0.2) is 9.48 Å². The van der Waals surface area contributed by atoms with E-state index in [0.717, 1.165) is 6.20 Å². The van der Waals surface area contributed by atoms with Crippen LogP contribution >= 0.6 is 0 Å². The van der Waals surface area contributed by atoms with Crippen LogP contribution in [0.4, 0.5) is 19.0 Å². The van der Waals surface area contributed by atoms with Crippen LogP contribution in [0.2, 0.25) is 0 Å². The molecule has 2 aliphatic heterocycles. The van der Waals surface area contributed by atoms with E-state index in [9.17, 15) is 23.1 Å². The number of ether oxygens (including phenoxy) is 2. The molecule has 2 atom stereocenters. The molecule has 7 nitrogen and oxygen atoms in total. The van der Waals surface area contributed by atoms with Gasteiger partial charge in [0.1, 0.15) is 11.4 Å². The van der Waals surface area contributed by atoms with Crippen molar-refractivity contribution >= 4 is 11.8 Å². The summed E-state index contributed by atoms with van der Waals surface area (Å²) in [5.74, 6) is -0.548. The average Bonchev–Trinajstić information content (AvgIpc) is 3.18. The van der Waals surface area contributed by atoms with Crippen molar-refractivity contribution in [3.05, 3.63) is 35.5 Å². The van der Waals surface area contributed by atoms with Crippen LogP contribution in [0.25, 0.3) is 0 Å². The van der Waals surface area contributed by atoms with E-state index in [0.29, 0.717) is 21.7 Å². The lowest BCUT2D eigenvalue weighted by molar-refractivity contribution is -0.173. The molecular formula is C15H12F3N3O4. The van der Waals surface area contributed by atoms with E-state index >= 15 is 0 Å². The fourth-order valence-electron chi connectivity index (χ4n) is 3.07. The summed E-state index contributed by atoms with van der Waals surface area (Å²) < 4.78 is 51.5. The van der Waals surface area contributed by atoms with Crippen LogP contribution in [0.3, 0.4) is 0 Å². The fraction of sp³-hybridized carbons (Fsp3) is 0.333. The van der Waals surface area contributed by atoms with E-state index in [-0.39, 0.29) is 24.6 Å². The zero-order valence-corrected chi connectivity index (χ0v) is 12.6. The number of carbonyl (C=O) groups is 1. The average molecular weight is 355 g/mol. The van der Waals surface area contributed by atoms with Gasteiger partial charge in [0.15, 0.2) is 17.5 Å². The predicted molar refractivity (Wildman–Crippen MR) is 77.8 cm³/mol. The van der Waals surface area contributed by atoms with Gasteiger partial charge in [0, 0.05) is 6.42 Å². The third kappa shape index (κ3) is 2.53. The largest absolute Gasteiger partial charge is 0.477 e. The summed E-state index contributed by atoms with van der Waals surface area (Å²) in [5, 5.41) is 15.7. The van der Waals surface area contributed by atoms with Gasteiger partial charge in [-0.1, -0.05) is 6.07 Å². The molecule has 132 valence electrons. The van der Waals surface area contributed by atoms with E-state index in [1.54, 1.807) is 18.2 Å². The highest BCUT2D eigenvalue weighted by Crippen LogP contribution is 2.45. The summed E-state index contributed by atoms with van der Waals surface area (Å²) in [6.07, 6.45) is -3.96. The highest BCUT2D eigenvalue weighted by atomic mass is 19.4. The van der Waals surface area contributed by atoms with E-state index in [1.165, 1.54) is 0 Å². The van der Waals surface area contributed by atoms with Gasteiger partial charge in [0.05, 0.1) is 12.2 Å². The molecule has 0 aliphatic carbocycles. The van der Waals surface area contributed by atoms with Crippen molar-refractivity contribution in [1.82, 2.24) is 9.78 Å². The molecule has 0 saturated heterocycles. The number of hydrogen-bond donors (Lipinski definition) is 2. The van der Waals surface area contributed by atoms with Crippen molar-refractivity contribution < 1.29 is 32.5 Å². The van der Waals surface area contributed by atoms with Crippen molar-refractivity contribution in [2.45, 2.75) is 24.7 Å². The number of fused-ring (bicyclic) bond motifs is 2. The lowest BCUT2D eigenvalue weighted by atomic mass is 9.96. The minimum atomic E-state index is -4.56. The normalized spacial score (nSPS) is 21.6. The van der Waals surface area contributed by atoms with Crippen molar-refractivity contribution in [3.8, 4) is 11.5 Å². The smallest absolute Gasteiger partial charge is 0.410 e. The quantitative estimate of drug-likeness (QED) is 0.861.